The Morgan fingerprint density at radius 1 is 1.03 bits per heavy atom. The third-order valence-electron chi connectivity index (χ3n) is 4.07. The number of halogens is 3. The van der Waals surface area contributed by atoms with Crippen LogP contribution in [0.2, 0.25) is 15.1 Å². The molecule has 0 amide bonds. The van der Waals surface area contributed by atoms with Gasteiger partial charge in [0.2, 0.25) is 0 Å². The molecule has 0 bridgehead atoms. The van der Waals surface area contributed by atoms with Crippen molar-refractivity contribution in [2.45, 2.75) is 55.5 Å². The van der Waals surface area contributed by atoms with E-state index in [1.54, 1.807) is 0 Å². The topological polar surface area (TPSA) is 137 Å². The molecule has 10 nitrogen and oxygen atoms in total. The molecule has 0 aliphatic carbocycles. The zero-order chi connectivity index (χ0) is 24.0. The summed E-state index contributed by atoms with van der Waals surface area (Å²) in [6.07, 6.45) is -3.42. The number of azide groups is 1. The van der Waals surface area contributed by atoms with Gasteiger partial charge in [-0.25, -0.2) is 0 Å². The number of benzene rings is 1. The van der Waals surface area contributed by atoms with Crippen molar-refractivity contribution in [3.63, 3.8) is 0 Å². The highest BCUT2D eigenvalue weighted by atomic mass is 35.5. The Labute approximate surface area is 202 Å². The van der Waals surface area contributed by atoms with Crippen LogP contribution in [0.25, 0.3) is 10.4 Å². The Bertz CT molecular complexity index is 945. The highest BCUT2D eigenvalue weighted by Gasteiger charge is 2.50. The molecule has 2 rings (SSSR count). The second-order valence-electron chi connectivity index (χ2n) is 6.50. The lowest BCUT2D eigenvalue weighted by Gasteiger charge is -2.43. The molecular weight excluding hydrogens is 509 g/mol. The molecule has 174 valence electrons. The van der Waals surface area contributed by atoms with Gasteiger partial charge in [-0.3, -0.25) is 14.4 Å². The summed E-state index contributed by atoms with van der Waals surface area (Å²) in [5.41, 5.74) is 8.10. The molecule has 1 aromatic rings. The maximum atomic E-state index is 11.8. The molecule has 0 radical (unpaired) electrons. The molecule has 0 spiro atoms. The van der Waals surface area contributed by atoms with Crippen LogP contribution in [-0.2, 0) is 33.3 Å². The average molecular weight is 527 g/mol. The molecule has 1 fully saturated rings. The van der Waals surface area contributed by atoms with Crippen LogP contribution in [0.3, 0.4) is 0 Å². The van der Waals surface area contributed by atoms with Crippen molar-refractivity contribution < 1.29 is 33.3 Å². The lowest BCUT2D eigenvalue weighted by Crippen LogP contribution is -2.59. The summed E-state index contributed by atoms with van der Waals surface area (Å²) in [6, 6.07) is 1.73. The first-order valence-corrected chi connectivity index (χ1v) is 11.0. The molecular formula is C18H18Cl3N3O7S. The molecule has 2 unspecified atom stereocenters. The number of nitrogens with zero attached hydrogens (tertiary/aromatic N) is 3. The van der Waals surface area contributed by atoms with Crippen LogP contribution < -0.4 is 0 Å². The van der Waals surface area contributed by atoms with Gasteiger partial charge in [0.15, 0.2) is 0 Å². The second kappa shape index (κ2) is 11.8. The van der Waals surface area contributed by atoms with Gasteiger partial charge in [-0.2, -0.15) is 0 Å². The van der Waals surface area contributed by atoms with E-state index < -0.39 is 47.7 Å². The van der Waals surface area contributed by atoms with Crippen LogP contribution in [0.5, 0.6) is 0 Å². The van der Waals surface area contributed by atoms with Gasteiger partial charge >= 0.3 is 17.9 Å². The maximum absolute atomic E-state index is 11.8. The molecule has 1 aliphatic heterocycles. The van der Waals surface area contributed by atoms with Crippen LogP contribution in [-0.4, -0.2) is 54.3 Å². The van der Waals surface area contributed by atoms with Crippen LogP contribution in [0.1, 0.15) is 20.8 Å². The highest BCUT2D eigenvalue weighted by Crippen LogP contribution is 2.42. The number of rotatable bonds is 7. The molecule has 1 aromatic carbocycles. The summed E-state index contributed by atoms with van der Waals surface area (Å²) in [7, 11) is 0. The molecule has 1 aliphatic rings. The van der Waals surface area contributed by atoms with Crippen molar-refractivity contribution in [2.24, 2.45) is 5.11 Å². The van der Waals surface area contributed by atoms with E-state index in [4.69, 9.17) is 59.3 Å². The first kappa shape index (κ1) is 26.4. The summed E-state index contributed by atoms with van der Waals surface area (Å²) in [5.74, 6) is -2.00. The SMILES string of the molecule is CC(=O)OCC1O[C@H](Sc2cc(Cl)c(Cl)cc2Cl)C(OC(C)=O)[C@@H](N=[N+]=[N-])[C@H]1OC(C)=O. The quantitative estimate of drug-likeness (QED) is 0.126. The van der Waals surface area contributed by atoms with E-state index >= 15 is 0 Å². The minimum absolute atomic E-state index is 0.222. The number of thioether (sulfide) groups is 1. The van der Waals surface area contributed by atoms with Crippen LogP contribution in [0.15, 0.2) is 22.1 Å². The summed E-state index contributed by atoms with van der Waals surface area (Å²) in [4.78, 5) is 38.0. The second-order valence-corrected chi connectivity index (χ2v) is 8.87. The predicted octanol–water partition coefficient (Wildman–Crippen LogP) is 4.57. The maximum Gasteiger partial charge on any atom is 0.303 e. The van der Waals surface area contributed by atoms with Crippen molar-refractivity contribution in [1.29, 1.82) is 0 Å². The third-order valence-corrected chi connectivity index (χ3v) is 6.42. The predicted molar refractivity (Wildman–Crippen MR) is 117 cm³/mol. The van der Waals surface area contributed by atoms with E-state index in [0.29, 0.717) is 4.90 Å². The van der Waals surface area contributed by atoms with Crippen LogP contribution in [0.4, 0.5) is 0 Å². The molecule has 32 heavy (non-hydrogen) atoms. The van der Waals surface area contributed by atoms with Gasteiger partial charge in [0, 0.05) is 30.6 Å². The van der Waals surface area contributed by atoms with Gasteiger partial charge in [0.25, 0.3) is 0 Å². The number of esters is 3. The van der Waals surface area contributed by atoms with E-state index in [2.05, 4.69) is 10.0 Å². The van der Waals surface area contributed by atoms with Crippen molar-refractivity contribution >= 4 is 64.5 Å². The standard InChI is InChI=1S/C18H18Cl3N3O7S/c1-7(25)28-6-13-16(29-8(2)26)15(23-24-22)17(30-9(3)27)18(31-13)32-14-5-11(20)10(19)4-12(14)21/h4-5,13,15-18H,6H2,1-3H3/t13?,15-,16-,17?,18+/m0/s1. The number of hydrogen-bond acceptors (Lipinski definition) is 9. The molecule has 1 saturated heterocycles. The minimum Gasteiger partial charge on any atom is -0.463 e. The number of carbonyl (C=O) groups excluding carboxylic acids is 3. The van der Waals surface area contributed by atoms with Gasteiger partial charge in [-0.1, -0.05) is 51.7 Å². The van der Waals surface area contributed by atoms with Gasteiger partial charge in [0.05, 0.1) is 15.1 Å². The zero-order valence-corrected chi connectivity index (χ0v) is 20.1. The lowest BCUT2D eigenvalue weighted by molar-refractivity contribution is -0.201. The summed E-state index contributed by atoms with van der Waals surface area (Å²) in [5, 5.41) is 4.39. The zero-order valence-electron chi connectivity index (χ0n) is 17.0. The van der Waals surface area contributed by atoms with E-state index in [-0.39, 0.29) is 21.7 Å². The first-order chi connectivity index (χ1) is 15.0. The molecule has 0 saturated carbocycles. The fourth-order valence-corrected chi connectivity index (χ4v) is 4.79. The largest absolute Gasteiger partial charge is 0.463 e. The Hall–Kier alpha value is -1.88. The first-order valence-electron chi connectivity index (χ1n) is 9.02. The number of ether oxygens (including phenoxy) is 4. The molecule has 1 heterocycles. The van der Waals surface area contributed by atoms with Crippen LogP contribution in [0, 0.1) is 0 Å². The Morgan fingerprint density at radius 3 is 2.19 bits per heavy atom. The van der Waals surface area contributed by atoms with Crippen molar-refractivity contribution in [3.8, 4) is 0 Å². The average Bonchev–Trinajstić information content (AvgIpc) is 2.68. The van der Waals surface area contributed by atoms with Gasteiger partial charge in [0.1, 0.15) is 36.4 Å². The molecule has 0 aromatic heterocycles. The Balaban J connectivity index is 2.49. The van der Waals surface area contributed by atoms with Crippen molar-refractivity contribution in [3.05, 3.63) is 37.6 Å². The fraction of sp³-hybridized carbons (Fsp3) is 0.500. The highest BCUT2D eigenvalue weighted by molar-refractivity contribution is 8.00. The van der Waals surface area contributed by atoms with Gasteiger partial charge in [-0.05, 0) is 17.7 Å². The van der Waals surface area contributed by atoms with E-state index in [9.17, 15) is 14.4 Å². The Kier molecular flexibility index (Phi) is 9.75. The lowest BCUT2D eigenvalue weighted by atomic mass is 9.97. The van der Waals surface area contributed by atoms with Crippen molar-refractivity contribution in [1.82, 2.24) is 0 Å². The van der Waals surface area contributed by atoms with Gasteiger partial charge < -0.3 is 18.9 Å². The summed E-state index contributed by atoms with van der Waals surface area (Å²) < 4.78 is 21.7. The normalized spacial score (nSPS) is 24.8. The molecule has 0 N–H and O–H groups in total. The summed E-state index contributed by atoms with van der Waals surface area (Å²) >= 11 is 19.3. The monoisotopic (exact) mass is 525 g/mol. The van der Waals surface area contributed by atoms with Crippen LogP contribution >= 0.6 is 46.6 Å². The number of carbonyl (C=O) groups is 3. The van der Waals surface area contributed by atoms with Crippen molar-refractivity contribution in [2.75, 3.05) is 6.61 Å². The minimum atomic E-state index is -1.20. The smallest absolute Gasteiger partial charge is 0.303 e. The molecule has 14 heteroatoms. The number of hydrogen-bond donors (Lipinski definition) is 0. The third kappa shape index (κ3) is 7.06. The fourth-order valence-electron chi connectivity index (χ4n) is 2.89. The van der Waals surface area contributed by atoms with E-state index in [0.717, 1.165) is 25.6 Å². The van der Waals surface area contributed by atoms with E-state index in [1.165, 1.54) is 19.1 Å². The van der Waals surface area contributed by atoms with E-state index in [1.807, 2.05) is 0 Å². The van der Waals surface area contributed by atoms with Gasteiger partial charge in [-0.15, -0.1) is 0 Å². The molecule has 5 atom stereocenters. The Morgan fingerprint density at radius 2 is 1.62 bits per heavy atom. The summed E-state index contributed by atoms with van der Waals surface area (Å²) in [6.45, 7) is 3.18.